The van der Waals surface area contributed by atoms with Gasteiger partial charge in [0.1, 0.15) is 21.9 Å². The number of alkyl halides is 3. The number of ether oxygens (including phenoxy) is 3. The van der Waals surface area contributed by atoms with Crippen molar-refractivity contribution in [2.24, 2.45) is 5.41 Å². The summed E-state index contributed by atoms with van der Waals surface area (Å²) >= 11 is 28.5. The van der Waals surface area contributed by atoms with Gasteiger partial charge in [0.15, 0.2) is 5.75 Å². The molecule has 1 aromatic rings. The SMILES string of the molecule is CC(C)(COC/C=C(\Cl)C(F)(F)F)COc1c(Cl)cc(OCC=C(Cl)Cl)cc1Cl. The van der Waals surface area contributed by atoms with Crippen molar-refractivity contribution in [3.05, 3.63) is 43.9 Å². The van der Waals surface area contributed by atoms with E-state index in [1.807, 2.05) is 13.8 Å². The monoisotopic (exact) mass is 514 g/mol. The second-order valence-corrected chi connectivity index (χ2v) is 8.77. The van der Waals surface area contributed by atoms with Gasteiger partial charge < -0.3 is 14.2 Å². The topological polar surface area (TPSA) is 27.7 Å². The van der Waals surface area contributed by atoms with Gasteiger partial charge in [-0.25, -0.2) is 0 Å². The first-order chi connectivity index (χ1) is 13.3. The lowest BCUT2D eigenvalue weighted by Gasteiger charge is -2.25. The van der Waals surface area contributed by atoms with Crippen LogP contribution in [0.2, 0.25) is 10.0 Å². The van der Waals surface area contributed by atoms with Crippen LogP contribution < -0.4 is 9.47 Å². The Balaban J connectivity index is 2.61. The highest BCUT2D eigenvalue weighted by Crippen LogP contribution is 2.38. The van der Waals surface area contributed by atoms with E-state index in [1.165, 1.54) is 18.2 Å². The van der Waals surface area contributed by atoms with Crippen molar-refractivity contribution in [2.45, 2.75) is 20.0 Å². The lowest BCUT2D eigenvalue weighted by atomic mass is 9.96. The third-order valence-corrected chi connectivity index (χ3v) is 4.45. The average Bonchev–Trinajstić information content (AvgIpc) is 2.56. The largest absolute Gasteiger partial charge is 0.490 e. The zero-order chi connectivity index (χ0) is 22.2. The van der Waals surface area contributed by atoms with Crippen LogP contribution in [0.4, 0.5) is 13.2 Å². The van der Waals surface area contributed by atoms with E-state index >= 15 is 0 Å². The van der Waals surface area contributed by atoms with E-state index in [4.69, 9.17) is 72.2 Å². The van der Waals surface area contributed by atoms with Gasteiger partial charge in [-0.05, 0) is 12.2 Å². The molecule has 0 amide bonds. The first-order valence-corrected chi connectivity index (χ1v) is 9.97. The molecule has 0 atom stereocenters. The summed E-state index contributed by atoms with van der Waals surface area (Å²) in [7, 11) is 0. The summed E-state index contributed by atoms with van der Waals surface area (Å²) in [5.41, 5.74) is -0.539. The fourth-order valence-electron chi connectivity index (χ4n) is 1.85. The molecule has 0 saturated heterocycles. The highest BCUT2D eigenvalue weighted by atomic mass is 35.5. The van der Waals surface area contributed by atoms with E-state index < -0.39 is 16.6 Å². The molecule has 0 bridgehead atoms. The van der Waals surface area contributed by atoms with E-state index in [0.717, 1.165) is 6.08 Å². The maximum absolute atomic E-state index is 12.3. The smallest absolute Gasteiger partial charge is 0.426 e. The quantitative estimate of drug-likeness (QED) is 0.297. The molecule has 0 aliphatic rings. The van der Waals surface area contributed by atoms with Crippen molar-refractivity contribution in [1.82, 2.24) is 0 Å². The Morgan fingerprint density at radius 2 is 1.52 bits per heavy atom. The molecule has 3 nitrogen and oxygen atoms in total. The summed E-state index contributed by atoms with van der Waals surface area (Å²) in [6, 6.07) is 3.04. The second kappa shape index (κ2) is 11.8. The minimum absolute atomic E-state index is 0.0720. The summed E-state index contributed by atoms with van der Waals surface area (Å²) < 4.78 is 53.3. The molecule has 0 heterocycles. The van der Waals surface area contributed by atoms with E-state index in [0.29, 0.717) is 5.75 Å². The average molecular weight is 517 g/mol. The van der Waals surface area contributed by atoms with Crippen LogP contribution in [-0.4, -0.2) is 32.6 Å². The summed E-state index contributed by atoms with van der Waals surface area (Å²) in [6.45, 7) is 3.73. The molecule has 0 aliphatic heterocycles. The molecule has 0 spiro atoms. The molecule has 0 fully saturated rings. The number of hydrogen-bond donors (Lipinski definition) is 0. The van der Waals surface area contributed by atoms with Gasteiger partial charge in [-0.3, -0.25) is 0 Å². The van der Waals surface area contributed by atoms with Crippen molar-refractivity contribution >= 4 is 58.0 Å². The van der Waals surface area contributed by atoms with Crippen LogP contribution in [-0.2, 0) is 4.74 Å². The molecule has 0 unspecified atom stereocenters. The maximum atomic E-state index is 12.3. The maximum Gasteiger partial charge on any atom is 0.426 e. The third-order valence-electron chi connectivity index (χ3n) is 3.21. The van der Waals surface area contributed by atoms with Crippen LogP contribution in [0.1, 0.15) is 13.8 Å². The molecule has 0 radical (unpaired) electrons. The predicted molar refractivity (Wildman–Crippen MR) is 112 cm³/mol. The Kier molecular flexibility index (Phi) is 10.8. The Hall–Kier alpha value is -0.500. The summed E-state index contributed by atoms with van der Waals surface area (Å²) in [6.07, 6.45) is -2.37. The Morgan fingerprint density at radius 1 is 0.931 bits per heavy atom. The predicted octanol–water partition coefficient (Wildman–Crippen LogP) is 7.80. The number of benzene rings is 1. The minimum atomic E-state index is -4.58. The van der Waals surface area contributed by atoms with Gasteiger partial charge in [0.2, 0.25) is 0 Å². The van der Waals surface area contributed by atoms with E-state index in [-0.39, 0.29) is 46.7 Å². The molecule has 1 rings (SSSR count). The molecule has 0 saturated carbocycles. The molecule has 0 N–H and O–H groups in total. The Labute approximate surface area is 192 Å². The zero-order valence-corrected chi connectivity index (χ0v) is 19.2. The number of hydrogen-bond acceptors (Lipinski definition) is 3. The van der Waals surface area contributed by atoms with Gasteiger partial charge in [-0.15, -0.1) is 0 Å². The molecule has 1 aromatic carbocycles. The molecule has 0 aromatic heterocycles. The van der Waals surface area contributed by atoms with E-state index in [1.54, 1.807) is 0 Å². The standard InChI is InChI=1S/C18H18Cl5F3O3/c1-17(2,9-27-5-3-14(21)18(24,25)26)10-29-16-12(19)7-11(8-13(16)20)28-6-4-15(22)23/h3-4,7-8H,5-6,9-10H2,1-2H3/b14-3-. The lowest BCUT2D eigenvalue weighted by molar-refractivity contribution is -0.0852. The van der Waals surface area contributed by atoms with E-state index in [9.17, 15) is 13.2 Å². The summed E-state index contributed by atoms with van der Waals surface area (Å²) in [5, 5.41) is -0.772. The van der Waals surface area contributed by atoms with Gasteiger partial charge in [0, 0.05) is 17.5 Å². The van der Waals surface area contributed by atoms with Gasteiger partial charge in [-0.2, -0.15) is 13.2 Å². The van der Waals surface area contributed by atoms with Crippen LogP contribution in [0.3, 0.4) is 0 Å². The van der Waals surface area contributed by atoms with Gasteiger partial charge in [-0.1, -0.05) is 71.9 Å². The molecule has 29 heavy (non-hydrogen) atoms. The van der Waals surface area contributed by atoms with E-state index in [2.05, 4.69) is 0 Å². The van der Waals surface area contributed by atoms with Crippen molar-refractivity contribution in [1.29, 1.82) is 0 Å². The molecule has 164 valence electrons. The van der Waals surface area contributed by atoms with Crippen molar-refractivity contribution in [2.75, 3.05) is 26.4 Å². The van der Waals surface area contributed by atoms with Crippen molar-refractivity contribution < 1.29 is 27.4 Å². The number of allylic oxidation sites excluding steroid dienone is 1. The highest BCUT2D eigenvalue weighted by molar-refractivity contribution is 6.55. The first-order valence-electron chi connectivity index (χ1n) is 8.08. The molecular formula is C18H18Cl5F3O3. The van der Waals surface area contributed by atoms with Crippen LogP contribution in [0, 0.1) is 5.41 Å². The molecule has 0 aliphatic carbocycles. The van der Waals surface area contributed by atoms with Crippen molar-refractivity contribution in [3.63, 3.8) is 0 Å². The van der Waals surface area contributed by atoms with Gasteiger partial charge in [0.05, 0.1) is 29.9 Å². The Morgan fingerprint density at radius 3 is 2.03 bits per heavy atom. The summed E-state index contributed by atoms with van der Waals surface area (Å²) in [4.78, 5) is 0. The Bertz CT molecular complexity index is 722. The lowest BCUT2D eigenvalue weighted by Crippen LogP contribution is -2.27. The van der Waals surface area contributed by atoms with Crippen molar-refractivity contribution in [3.8, 4) is 11.5 Å². The van der Waals surface area contributed by atoms with Gasteiger partial charge in [0.25, 0.3) is 0 Å². The first kappa shape index (κ1) is 26.5. The second-order valence-electron chi connectivity index (χ2n) is 6.54. The fourth-order valence-corrected chi connectivity index (χ4v) is 2.62. The number of rotatable bonds is 10. The van der Waals surface area contributed by atoms with Crippen LogP contribution in [0.5, 0.6) is 11.5 Å². The van der Waals surface area contributed by atoms with Crippen LogP contribution >= 0.6 is 58.0 Å². The zero-order valence-electron chi connectivity index (χ0n) is 15.4. The van der Waals surface area contributed by atoms with Crippen LogP contribution in [0.25, 0.3) is 0 Å². The molecular weight excluding hydrogens is 498 g/mol. The highest BCUT2D eigenvalue weighted by Gasteiger charge is 2.32. The third kappa shape index (κ3) is 10.4. The number of halogens is 8. The molecule has 11 heteroatoms. The fraction of sp³-hybridized carbons (Fsp3) is 0.444. The summed E-state index contributed by atoms with van der Waals surface area (Å²) in [5.74, 6) is 0.647. The normalized spacial score (nSPS) is 12.7. The van der Waals surface area contributed by atoms with Gasteiger partial charge >= 0.3 is 6.18 Å². The van der Waals surface area contributed by atoms with Crippen LogP contribution in [0.15, 0.2) is 33.8 Å². The minimum Gasteiger partial charge on any atom is -0.490 e.